The van der Waals surface area contributed by atoms with Gasteiger partial charge in [0.2, 0.25) is 5.91 Å². The molecule has 0 fully saturated rings. The predicted molar refractivity (Wildman–Crippen MR) is 68.2 cm³/mol. The zero-order valence-corrected chi connectivity index (χ0v) is 10.8. The smallest absolute Gasteiger partial charge is 0.226 e. The van der Waals surface area contributed by atoms with Gasteiger partial charge in [-0.2, -0.15) is 0 Å². The fraction of sp³-hybridized carbons (Fsp3) is 0.545. The number of aromatic nitrogens is 1. The molecule has 1 rings (SSSR count). The van der Waals surface area contributed by atoms with Crippen LogP contribution in [0.3, 0.4) is 0 Å². The van der Waals surface area contributed by atoms with Crippen LogP contribution in [-0.4, -0.2) is 23.2 Å². The number of nitrogens with one attached hydrogen (secondary N) is 1. The molecule has 0 aliphatic carbocycles. The number of amides is 1. The van der Waals surface area contributed by atoms with Crippen molar-refractivity contribution in [1.82, 2.24) is 4.98 Å². The lowest BCUT2D eigenvalue weighted by Crippen LogP contribution is -2.21. The van der Waals surface area contributed by atoms with E-state index in [9.17, 15) is 9.59 Å². The summed E-state index contributed by atoms with van der Waals surface area (Å²) in [5.41, 5.74) is 5.92. The Morgan fingerprint density at radius 3 is 2.76 bits per heavy atom. The molecular formula is C11H17N3O2S. The Morgan fingerprint density at radius 1 is 1.59 bits per heavy atom. The van der Waals surface area contributed by atoms with Crippen LogP contribution in [0.4, 0.5) is 5.13 Å². The van der Waals surface area contributed by atoms with E-state index < -0.39 is 0 Å². The number of hydrogen-bond acceptors (Lipinski definition) is 5. The van der Waals surface area contributed by atoms with Crippen molar-refractivity contribution in [1.29, 1.82) is 0 Å². The first-order valence-electron chi connectivity index (χ1n) is 5.53. The van der Waals surface area contributed by atoms with Gasteiger partial charge in [-0.25, -0.2) is 4.98 Å². The van der Waals surface area contributed by atoms with Gasteiger partial charge in [0.25, 0.3) is 0 Å². The number of ketones is 1. The molecule has 0 aromatic carbocycles. The molecule has 0 saturated carbocycles. The molecule has 0 radical (unpaired) electrons. The van der Waals surface area contributed by atoms with E-state index in [1.165, 1.54) is 18.3 Å². The monoisotopic (exact) mass is 255 g/mol. The van der Waals surface area contributed by atoms with Crippen molar-refractivity contribution in [2.45, 2.75) is 26.7 Å². The molecule has 1 aromatic rings. The molecule has 6 heteroatoms. The molecule has 0 aliphatic rings. The van der Waals surface area contributed by atoms with E-state index >= 15 is 0 Å². The van der Waals surface area contributed by atoms with E-state index in [2.05, 4.69) is 10.3 Å². The van der Waals surface area contributed by atoms with Crippen molar-refractivity contribution >= 4 is 28.2 Å². The summed E-state index contributed by atoms with van der Waals surface area (Å²) < 4.78 is 0. The Bertz CT molecular complexity index is 399. The first-order valence-corrected chi connectivity index (χ1v) is 6.41. The van der Waals surface area contributed by atoms with Gasteiger partial charge in [0.15, 0.2) is 10.9 Å². The molecule has 5 nitrogen and oxygen atoms in total. The highest BCUT2D eigenvalue weighted by Crippen LogP contribution is 2.17. The molecule has 0 saturated heterocycles. The van der Waals surface area contributed by atoms with Crippen LogP contribution in [0.2, 0.25) is 0 Å². The number of carbonyl (C=O) groups is 2. The first kappa shape index (κ1) is 13.8. The maximum Gasteiger partial charge on any atom is 0.226 e. The van der Waals surface area contributed by atoms with E-state index in [1.54, 1.807) is 5.38 Å². The lowest BCUT2D eigenvalue weighted by Gasteiger charge is -2.10. The Balaban J connectivity index is 2.52. The molecule has 0 aliphatic heterocycles. The van der Waals surface area contributed by atoms with Gasteiger partial charge in [0, 0.05) is 18.7 Å². The van der Waals surface area contributed by atoms with Crippen LogP contribution < -0.4 is 11.1 Å². The molecule has 94 valence electrons. The fourth-order valence-electron chi connectivity index (χ4n) is 1.32. The van der Waals surface area contributed by atoms with Crippen molar-refractivity contribution in [2.24, 2.45) is 11.7 Å². The number of rotatable bonds is 6. The summed E-state index contributed by atoms with van der Waals surface area (Å²) in [5, 5.41) is 4.78. The van der Waals surface area contributed by atoms with Gasteiger partial charge in [-0.15, -0.1) is 11.3 Å². The normalized spacial score (nSPS) is 12.2. The molecule has 1 atom stereocenters. The predicted octanol–water partition coefficient (Wildman–Crippen LogP) is 1.66. The van der Waals surface area contributed by atoms with Crippen molar-refractivity contribution in [3.05, 3.63) is 11.1 Å². The van der Waals surface area contributed by atoms with E-state index in [0.29, 0.717) is 23.8 Å². The topological polar surface area (TPSA) is 85.1 Å². The van der Waals surface area contributed by atoms with Gasteiger partial charge in [-0.1, -0.05) is 13.3 Å². The highest BCUT2D eigenvalue weighted by Gasteiger charge is 2.13. The molecular weight excluding hydrogens is 238 g/mol. The minimum absolute atomic E-state index is 0.102. The largest absolute Gasteiger partial charge is 0.330 e. The van der Waals surface area contributed by atoms with Gasteiger partial charge in [0.1, 0.15) is 5.69 Å². The highest BCUT2D eigenvalue weighted by molar-refractivity contribution is 7.14. The van der Waals surface area contributed by atoms with E-state index in [-0.39, 0.29) is 17.6 Å². The summed E-state index contributed by atoms with van der Waals surface area (Å²) in [4.78, 5) is 26.7. The van der Waals surface area contributed by atoms with E-state index in [4.69, 9.17) is 5.73 Å². The van der Waals surface area contributed by atoms with Gasteiger partial charge in [0.05, 0.1) is 0 Å². The molecule has 0 spiro atoms. The summed E-state index contributed by atoms with van der Waals surface area (Å²) in [6, 6.07) is 0. The third kappa shape index (κ3) is 4.24. The molecule has 1 aromatic heterocycles. The SMILES string of the molecule is CCC(CN)CC(=O)Nc1nc(C(C)=O)cs1. The summed E-state index contributed by atoms with van der Waals surface area (Å²) in [5.74, 6) is -0.0101. The second kappa shape index (κ2) is 6.46. The number of nitrogens with zero attached hydrogens (tertiary/aromatic N) is 1. The zero-order valence-electron chi connectivity index (χ0n) is 10.0. The second-order valence-electron chi connectivity index (χ2n) is 3.86. The lowest BCUT2D eigenvalue weighted by atomic mass is 10.0. The Kier molecular flexibility index (Phi) is 5.24. The summed E-state index contributed by atoms with van der Waals surface area (Å²) in [6.07, 6.45) is 1.27. The van der Waals surface area contributed by atoms with Crippen LogP contribution in [0.15, 0.2) is 5.38 Å². The first-order chi connectivity index (χ1) is 8.06. The Morgan fingerprint density at radius 2 is 2.29 bits per heavy atom. The molecule has 0 bridgehead atoms. The summed E-state index contributed by atoms with van der Waals surface area (Å²) >= 11 is 1.25. The van der Waals surface area contributed by atoms with Crippen LogP contribution in [0.5, 0.6) is 0 Å². The van der Waals surface area contributed by atoms with Gasteiger partial charge >= 0.3 is 0 Å². The van der Waals surface area contributed by atoms with Crippen LogP contribution in [-0.2, 0) is 4.79 Å². The summed E-state index contributed by atoms with van der Waals surface area (Å²) in [6.45, 7) is 3.95. The molecule has 1 amide bonds. The third-order valence-corrected chi connectivity index (χ3v) is 3.25. The number of hydrogen-bond donors (Lipinski definition) is 2. The Labute approximate surface area is 104 Å². The van der Waals surface area contributed by atoms with Crippen LogP contribution >= 0.6 is 11.3 Å². The van der Waals surface area contributed by atoms with E-state index in [1.807, 2.05) is 6.92 Å². The maximum atomic E-state index is 11.6. The third-order valence-electron chi connectivity index (χ3n) is 2.50. The minimum atomic E-state index is -0.105. The standard InChI is InChI=1S/C11H17N3O2S/c1-3-8(5-12)4-10(16)14-11-13-9(6-17-11)7(2)15/h6,8H,3-5,12H2,1-2H3,(H,13,14,16). The van der Waals surface area contributed by atoms with Crippen molar-refractivity contribution in [3.8, 4) is 0 Å². The minimum Gasteiger partial charge on any atom is -0.330 e. The average molecular weight is 255 g/mol. The van der Waals surface area contributed by atoms with Crippen LogP contribution in [0.25, 0.3) is 0 Å². The highest BCUT2D eigenvalue weighted by atomic mass is 32.1. The molecule has 1 heterocycles. The zero-order chi connectivity index (χ0) is 12.8. The van der Waals surface area contributed by atoms with Crippen molar-refractivity contribution in [2.75, 3.05) is 11.9 Å². The quantitative estimate of drug-likeness (QED) is 0.757. The van der Waals surface area contributed by atoms with Crippen molar-refractivity contribution < 1.29 is 9.59 Å². The average Bonchev–Trinajstić information content (AvgIpc) is 2.74. The van der Waals surface area contributed by atoms with Gasteiger partial charge < -0.3 is 11.1 Å². The lowest BCUT2D eigenvalue weighted by molar-refractivity contribution is -0.117. The van der Waals surface area contributed by atoms with Gasteiger partial charge in [-0.05, 0) is 12.5 Å². The summed E-state index contributed by atoms with van der Waals surface area (Å²) in [7, 11) is 0. The maximum absolute atomic E-state index is 11.6. The van der Waals surface area contributed by atoms with E-state index in [0.717, 1.165) is 6.42 Å². The number of anilines is 1. The molecule has 17 heavy (non-hydrogen) atoms. The molecule has 3 N–H and O–H groups in total. The number of carbonyl (C=O) groups excluding carboxylic acids is 2. The number of nitrogens with two attached hydrogens (primary N) is 1. The van der Waals surface area contributed by atoms with Crippen molar-refractivity contribution in [3.63, 3.8) is 0 Å². The number of thiazole rings is 1. The van der Waals surface area contributed by atoms with Gasteiger partial charge in [-0.3, -0.25) is 9.59 Å². The molecule has 1 unspecified atom stereocenters. The second-order valence-corrected chi connectivity index (χ2v) is 4.71. The van der Waals surface area contributed by atoms with Crippen LogP contribution in [0, 0.1) is 5.92 Å². The van der Waals surface area contributed by atoms with Crippen LogP contribution in [0.1, 0.15) is 37.2 Å². The Hall–Kier alpha value is -1.27. The number of Topliss-reactive ketones (excluding diaryl/α,β-unsaturated/α-hetero) is 1. The fourth-order valence-corrected chi connectivity index (χ4v) is 2.09.